The van der Waals surface area contributed by atoms with Gasteiger partial charge in [0.25, 0.3) is 5.91 Å². The third kappa shape index (κ3) is 5.75. The van der Waals surface area contributed by atoms with E-state index in [2.05, 4.69) is 43.5 Å². The zero-order chi connectivity index (χ0) is 22.5. The molecule has 2 N–H and O–H groups in total. The molecule has 2 aromatic heterocycles. The first-order chi connectivity index (χ1) is 15.5. The minimum absolute atomic E-state index is 0.236. The summed E-state index contributed by atoms with van der Waals surface area (Å²) in [6, 6.07) is 12.4. The predicted octanol–water partition coefficient (Wildman–Crippen LogP) is 4.53. The summed E-state index contributed by atoms with van der Waals surface area (Å²) in [6.45, 7) is 5.21. The van der Waals surface area contributed by atoms with Crippen molar-refractivity contribution in [2.45, 2.75) is 6.54 Å². The highest BCUT2D eigenvalue weighted by atomic mass is 35.5. The molecule has 0 unspecified atom stereocenters. The number of pyridine rings is 2. The van der Waals surface area contributed by atoms with Gasteiger partial charge in [-0.1, -0.05) is 35.3 Å². The number of halogens is 2. The summed E-state index contributed by atoms with van der Waals surface area (Å²) in [5.74, 6) is 0.855. The van der Waals surface area contributed by atoms with Gasteiger partial charge in [0.15, 0.2) is 0 Å². The largest absolute Gasteiger partial charge is 0.325 e. The van der Waals surface area contributed by atoms with Crippen LogP contribution in [-0.4, -0.2) is 58.9 Å². The number of hydrogen-bond acceptors (Lipinski definition) is 6. The number of likely N-dealkylation sites (N-methyl/N-ethyl adjacent to an activating group) is 1. The lowest BCUT2D eigenvalue weighted by Gasteiger charge is -2.32. The number of piperazine rings is 1. The van der Waals surface area contributed by atoms with Crippen molar-refractivity contribution < 1.29 is 4.79 Å². The summed E-state index contributed by atoms with van der Waals surface area (Å²) in [5.41, 5.74) is 1.97. The number of anilines is 3. The van der Waals surface area contributed by atoms with E-state index in [4.69, 9.17) is 23.2 Å². The molecule has 4 rings (SSSR count). The van der Waals surface area contributed by atoms with Gasteiger partial charge in [-0.3, -0.25) is 9.69 Å². The molecule has 7 nitrogen and oxygen atoms in total. The third-order valence-corrected chi connectivity index (χ3v) is 5.92. The van der Waals surface area contributed by atoms with Crippen molar-refractivity contribution in [1.82, 2.24) is 19.8 Å². The molecular formula is C23H24Cl2N6O. The number of hydrogen-bond donors (Lipinski definition) is 2. The monoisotopic (exact) mass is 470 g/mol. The SMILES string of the molecule is CN1CCN(Cc2ccc(Nc3cc(NC(=O)c4c(Cl)cccc4Cl)ccn3)nc2)CC1. The molecule has 1 fully saturated rings. The lowest BCUT2D eigenvalue weighted by Crippen LogP contribution is -2.43. The van der Waals surface area contributed by atoms with Gasteiger partial charge in [0.05, 0.1) is 15.6 Å². The van der Waals surface area contributed by atoms with E-state index in [1.54, 1.807) is 36.5 Å². The molecule has 0 saturated carbocycles. The van der Waals surface area contributed by atoms with Crippen molar-refractivity contribution in [3.63, 3.8) is 0 Å². The van der Waals surface area contributed by atoms with Gasteiger partial charge in [0.2, 0.25) is 0 Å². The highest BCUT2D eigenvalue weighted by molar-refractivity contribution is 6.40. The molecule has 1 aromatic carbocycles. The Morgan fingerprint density at radius 2 is 1.75 bits per heavy atom. The van der Waals surface area contributed by atoms with Gasteiger partial charge in [0.1, 0.15) is 11.6 Å². The van der Waals surface area contributed by atoms with E-state index in [9.17, 15) is 4.79 Å². The van der Waals surface area contributed by atoms with Gasteiger partial charge in [-0.25, -0.2) is 9.97 Å². The average molecular weight is 471 g/mol. The van der Waals surface area contributed by atoms with Crippen LogP contribution in [0.15, 0.2) is 54.9 Å². The lowest BCUT2D eigenvalue weighted by atomic mass is 10.2. The molecule has 1 aliphatic rings. The van der Waals surface area contributed by atoms with Crippen LogP contribution in [0.5, 0.6) is 0 Å². The second-order valence-electron chi connectivity index (χ2n) is 7.74. The number of rotatable bonds is 6. The van der Waals surface area contributed by atoms with Crippen LogP contribution >= 0.6 is 23.2 Å². The van der Waals surface area contributed by atoms with E-state index < -0.39 is 0 Å². The Morgan fingerprint density at radius 1 is 1.00 bits per heavy atom. The number of carbonyl (C=O) groups excluding carboxylic acids is 1. The van der Waals surface area contributed by atoms with Gasteiger partial charge in [0, 0.05) is 56.9 Å². The quantitative estimate of drug-likeness (QED) is 0.551. The first kappa shape index (κ1) is 22.5. The van der Waals surface area contributed by atoms with Crippen LogP contribution in [0.2, 0.25) is 10.0 Å². The molecule has 9 heteroatoms. The maximum atomic E-state index is 12.6. The van der Waals surface area contributed by atoms with E-state index in [0.717, 1.165) is 32.7 Å². The molecular weight excluding hydrogens is 447 g/mol. The van der Waals surface area contributed by atoms with E-state index in [0.29, 0.717) is 27.4 Å². The molecule has 1 aliphatic heterocycles. The van der Waals surface area contributed by atoms with Crippen LogP contribution in [0.25, 0.3) is 0 Å². The normalized spacial score (nSPS) is 14.8. The highest BCUT2D eigenvalue weighted by Crippen LogP contribution is 2.26. The average Bonchev–Trinajstić information content (AvgIpc) is 2.77. The summed E-state index contributed by atoms with van der Waals surface area (Å²) in [4.78, 5) is 26.2. The molecule has 0 aliphatic carbocycles. The number of nitrogens with zero attached hydrogens (tertiary/aromatic N) is 4. The van der Waals surface area contributed by atoms with Crippen molar-refractivity contribution in [2.75, 3.05) is 43.9 Å². The summed E-state index contributed by atoms with van der Waals surface area (Å²) in [5, 5.41) is 6.57. The summed E-state index contributed by atoms with van der Waals surface area (Å²) in [7, 11) is 2.15. The lowest BCUT2D eigenvalue weighted by molar-refractivity contribution is 0.102. The number of carbonyl (C=O) groups is 1. The van der Waals surface area contributed by atoms with Gasteiger partial charge in [-0.05, 0) is 36.9 Å². The molecule has 0 spiro atoms. The zero-order valence-electron chi connectivity index (χ0n) is 17.7. The third-order valence-electron chi connectivity index (χ3n) is 5.29. The zero-order valence-corrected chi connectivity index (χ0v) is 19.2. The molecule has 166 valence electrons. The molecule has 1 saturated heterocycles. The highest BCUT2D eigenvalue weighted by Gasteiger charge is 2.16. The first-order valence-electron chi connectivity index (χ1n) is 10.3. The molecule has 0 radical (unpaired) electrons. The second kappa shape index (κ2) is 10.3. The predicted molar refractivity (Wildman–Crippen MR) is 129 cm³/mol. The van der Waals surface area contributed by atoms with Gasteiger partial charge in [-0.15, -0.1) is 0 Å². The van der Waals surface area contributed by atoms with Crippen LogP contribution in [0.3, 0.4) is 0 Å². The van der Waals surface area contributed by atoms with Crippen LogP contribution in [-0.2, 0) is 6.54 Å². The van der Waals surface area contributed by atoms with Crippen molar-refractivity contribution >= 4 is 46.4 Å². The Labute approximate surface area is 197 Å². The van der Waals surface area contributed by atoms with Crippen LogP contribution in [0, 0.1) is 0 Å². The van der Waals surface area contributed by atoms with Gasteiger partial charge >= 0.3 is 0 Å². The van der Waals surface area contributed by atoms with Crippen molar-refractivity contribution in [3.8, 4) is 0 Å². The first-order valence-corrected chi connectivity index (χ1v) is 11.1. The molecule has 0 bridgehead atoms. The van der Waals surface area contributed by atoms with Gasteiger partial charge < -0.3 is 15.5 Å². The Kier molecular flexibility index (Phi) is 7.22. The molecule has 3 heterocycles. The molecule has 0 atom stereocenters. The van der Waals surface area contributed by atoms with Crippen molar-refractivity contribution in [1.29, 1.82) is 0 Å². The minimum atomic E-state index is -0.385. The summed E-state index contributed by atoms with van der Waals surface area (Å²) in [6.07, 6.45) is 3.49. The number of benzene rings is 1. The van der Waals surface area contributed by atoms with Gasteiger partial charge in [-0.2, -0.15) is 0 Å². The standard InChI is InChI=1S/C23H24Cl2N6O/c1-30-9-11-31(12-10-30)15-16-5-6-20(27-14-16)29-21-13-17(7-8-26-21)28-23(32)22-18(24)3-2-4-19(22)25/h2-8,13-14H,9-12,15H2,1H3,(H2,26,27,28,29,32). The van der Waals surface area contributed by atoms with Crippen LogP contribution < -0.4 is 10.6 Å². The number of aromatic nitrogens is 2. The fourth-order valence-corrected chi connectivity index (χ4v) is 4.04. The van der Waals surface area contributed by atoms with Crippen LogP contribution in [0.4, 0.5) is 17.3 Å². The van der Waals surface area contributed by atoms with E-state index in [1.165, 1.54) is 5.56 Å². The minimum Gasteiger partial charge on any atom is -0.325 e. The fourth-order valence-electron chi connectivity index (χ4n) is 3.47. The Morgan fingerprint density at radius 3 is 2.44 bits per heavy atom. The van der Waals surface area contributed by atoms with Crippen molar-refractivity contribution in [2.24, 2.45) is 0 Å². The molecule has 3 aromatic rings. The Balaban J connectivity index is 1.38. The van der Waals surface area contributed by atoms with Crippen molar-refractivity contribution in [3.05, 3.63) is 76.0 Å². The Bertz CT molecular complexity index is 1060. The fraction of sp³-hybridized carbons (Fsp3) is 0.261. The second-order valence-corrected chi connectivity index (χ2v) is 8.55. The Hall–Kier alpha value is -2.71. The van der Waals surface area contributed by atoms with E-state index >= 15 is 0 Å². The number of amides is 1. The topological polar surface area (TPSA) is 73.4 Å². The maximum absolute atomic E-state index is 12.6. The number of nitrogens with one attached hydrogen (secondary N) is 2. The van der Waals surface area contributed by atoms with Crippen LogP contribution in [0.1, 0.15) is 15.9 Å². The summed E-state index contributed by atoms with van der Waals surface area (Å²) >= 11 is 12.3. The smallest absolute Gasteiger partial charge is 0.258 e. The molecule has 32 heavy (non-hydrogen) atoms. The molecule has 1 amide bonds. The van der Waals surface area contributed by atoms with E-state index in [1.807, 2.05) is 12.3 Å². The van der Waals surface area contributed by atoms with E-state index in [-0.39, 0.29) is 11.5 Å². The maximum Gasteiger partial charge on any atom is 0.258 e. The summed E-state index contributed by atoms with van der Waals surface area (Å²) < 4.78 is 0.